The Balaban J connectivity index is 1.77. The summed E-state index contributed by atoms with van der Waals surface area (Å²) in [5.74, 6) is 0.807. The Bertz CT molecular complexity index is 325. The molecule has 4 unspecified atom stereocenters. The van der Waals surface area contributed by atoms with Gasteiger partial charge in [0.1, 0.15) is 0 Å². The number of carbonyl (C=O) groups is 1. The molecule has 1 aliphatic heterocycles. The fourth-order valence-corrected chi connectivity index (χ4v) is 3.50. The second-order valence-electron chi connectivity index (χ2n) is 6.44. The van der Waals surface area contributed by atoms with Crippen LogP contribution in [0.1, 0.15) is 39.0 Å². The lowest BCUT2D eigenvalue weighted by molar-refractivity contribution is -0.125. The summed E-state index contributed by atoms with van der Waals surface area (Å²) in [5, 5.41) is 15.9. The number of carbonyl (C=O) groups excluding carboxylic acids is 1. The summed E-state index contributed by atoms with van der Waals surface area (Å²) in [7, 11) is 0. The van der Waals surface area contributed by atoms with Gasteiger partial charge in [-0.15, -0.1) is 0 Å². The first-order valence-electron chi connectivity index (χ1n) is 8.46. The Morgan fingerprint density at radius 1 is 1.24 bits per heavy atom. The van der Waals surface area contributed by atoms with Gasteiger partial charge in [-0.3, -0.25) is 4.79 Å². The molecule has 2 rings (SSSR count). The van der Waals surface area contributed by atoms with Crippen molar-refractivity contribution in [1.29, 1.82) is 0 Å². The zero-order chi connectivity index (χ0) is 15.1. The third-order valence-corrected chi connectivity index (χ3v) is 4.91. The molecule has 0 bridgehead atoms. The summed E-state index contributed by atoms with van der Waals surface area (Å²) in [6.45, 7) is 5.12. The molecule has 1 saturated carbocycles. The van der Waals surface area contributed by atoms with Crippen LogP contribution in [0, 0.1) is 17.8 Å². The summed E-state index contributed by atoms with van der Waals surface area (Å²) in [6.07, 6.45) is 5.68. The topological polar surface area (TPSA) is 70.6 Å². The minimum Gasteiger partial charge on any atom is -0.396 e. The van der Waals surface area contributed by atoms with Gasteiger partial charge in [0.05, 0.1) is 19.1 Å². The van der Waals surface area contributed by atoms with Crippen molar-refractivity contribution in [3.05, 3.63) is 0 Å². The van der Waals surface area contributed by atoms with Crippen molar-refractivity contribution in [3.63, 3.8) is 0 Å². The predicted molar refractivity (Wildman–Crippen MR) is 81.9 cm³/mol. The van der Waals surface area contributed by atoms with Crippen LogP contribution in [-0.2, 0) is 9.53 Å². The molecule has 0 spiro atoms. The third kappa shape index (κ3) is 4.66. The molecule has 3 N–H and O–H groups in total. The van der Waals surface area contributed by atoms with Crippen molar-refractivity contribution in [2.24, 2.45) is 17.8 Å². The molecule has 1 aliphatic carbocycles. The first-order chi connectivity index (χ1) is 10.3. The van der Waals surface area contributed by atoms with Crippen LogP contribution in [0.15, 0.2) is 0 Å². The maximum atomic E-state index is 12.4. The van der Waals surface area contributed by atoms with E-state index < -0.39 is 0 Å². The third-order valence-electron chi connectivity index (χ3n) is 4.91. The molecule has 2 aliphatic rings. The SMILES string of the molecule is CCCNC1COCC1C(=O)NCC1CCCCC1CO. The molecule has 5 heteroatoms. The highest BCUT2D eigenvalue weighted by Gasteiger charge is 2.34. The number of rotatable bonds is 7. The molecule has 5 nitrogen and oxygen atoms in total. The maximum Gasteiger partial charge on any atom is 0.227 e. The van der Waals surface area contributed by atoms with E-state index in [9.17, 15) is 9.90 Å². The molecular formula is C16H30N2O3. The van der Waals surface area contributed by atoms with E-state index in [1.807, 2.05) is 0 Å². The van der Waals surface area contributed by atoms with Crippen molar-refractivity contribution in [3.8, 4) is 0 Å². The molecule has 0 radical (unpaired) electrons. The molecule has 0 aromatic carbocycles. The molecule has 2 fully saturated rings. The molecule has 21 heavy (non-hydrogen) atoms. The monoisotopic (exact) mass is 298 g/mol. The molecule has 0 aromatic rings. The average Bonchev–Trinajstić information content (AvgIpc) is 2.99. The summed E-state index contributed by atoms with van der Waals surface area (Å²) in [6, 6.07) is 0.143. The summed E-state index contributed by atoms with van der Waals surface area (Å²) in [5.41, 5.74) is 0. The van der Waals surface area contributed by atoms with Gasteiger partial charge in [-0.05, 0) is 37.6 Å². The van der Waals surface area contributed by atoms with Gasteiger partial charge >= 0.3 is 0 Å². The average molecular weight is 298 g/mol. The quantitative estimate of drug-likeness (QED) is 0.653. The molecule has 1 amide bonds. The molecule has 1 saturated heterocycles. The molecule has 1 heterocycles. The number of aliphatic hydroxyl groups is 1. The molecule has 0 aromatic heterocycles. The highest BCUT2D eigenvalue weighted by atomic mass is 16.5. The summed E-state index contributed by atoms with van der Waals surface area (Å²) in [4.78, 5) is 12.4. The van der Waals surface area contributed by atoms with Crippen LogP contribution in [0.3, 0.4) is 0 Å². The van der Waals surface area contributed by atoms with Gasteiger partial charge < -0.3 is 20.5 Å². The van der Waals surface area contributed by atoms with Gasteiger partial charge in [-0.2, -0.15) is 0 Å². The Morgan fingerprint density at radius 2 is 2.00 bits per heavy atom. The Morgan fingerprint density at radius 3 is 2.71 bits per heavy atom. The minimum absolute atomic E-state index is 0.0762. The van der Waals surface area contributed by atoms with Crippen LogP contribution >= 0.6 is 0 Å². The van der Waals surface area contributed by atoms with E-state index in [0.717, 1.165) is 25.8 Å². The van der Waals surface area contributed by atoms with Gasteiger partial charge in [0.15, 0.2) is 0 Å². The van der Waals surface area contributed by atoms with E-state index in [4.69, 9.17) is 4.74 Å². The van der Waals surface area contributed by atoms with Crippen LogP contribution in [0.2, 0.25) is 0 Å². The second kappa shape index (κ2) is 8.71. The van der Waals surface area contributed by atoms with Crippen LogP contribution < -0.4 is 10.6 Å². The Hall–Kier alpha value is -0.650. The Kier molecular flexibility index (Phi) is 6.93. The minimum atomic E-state index is -0.0762. The van der Waals surface area contributed by atoms with Crippen molar-refractivity contribution < 1.29 is 14.6 Å². The van der Waals surface area contributed by atoms with Gasteiger partial charge in [0.2, 0.25) is 5.91 Å². The van der Waals surface area contributed by atoms with E-state index in [1.54, 1.807) is 0 Å². The fourth-order valence-electron chi connectivity index (χ4n) is 3.50. The van der Waals surface area contributed by atoms with E-state index >= 15 is 0 Å². The summed E-state index contributed by atoms with van der Waals surface area (Å²) < 4.78 is 5.46. The summed E-state index contributed by atoms with van der Waals surface area (Å²) >= 11 is 0. The van der Waals surface area contributed by atoms with Gasteiger partial charge in [0, 0.05) is 19.2 Å². The van der Waals surface area contributed by atoms with Gasteiger partial charge in [-0.25, -0.2) is 0 Å². The maximum absolute atomic E-state index is 12.4. The first-order valence-corrected chi connectivity index (χ1v) is 8.46. The number of amides is 1. The van der Waals surface area contributed by atoms with Crippen molar-refractivity contribution in [2.75, 3.05) is 32.9 Å². The second-order valence-corrected chi connectivity index (χ2v) is 6.44. The van der Waals surface area contributed by atoms with E-state index in [2.05, 4.69) is 17.6 Å². The predicted octanol–water partition coefficient (Wildman–Crippen LogP) is 0.916. The zero-order valence-corrected chi connectivity index (χ0v) is 13.1. The zero-order valence-electron chi connectivity index (χ0n) is 13.1. The largest absolute Gasteiger partial charge is 0.396 e. The van der Waals surface area contributed by atoms with Crippen molar-refractivity contribution in [2.45, 2.75) is 45.1 Å². The van der Waals surface area contributed by atoms with Crippen LogP contribution in [0.5, 0.6) is 0 Å². The van der Waals surface area contributed by atoms with Crippen LogP contribution in [0.25, 0.3) is 0 Å². The smallest absolute Gasteiger partial charge is 0.227 e. The van der Waals surface area contributed by atoms with E-state index in [-0.39, 0.29) is 24.5 Å². The Labute approximate surface area is 127 Å². The molecule has 122 valence electrons. The number of hydrogen-bond donors (Lipinski definition) is 3. The molecular weight excluding hydrogens is 268 g/mol. The lowest BCUT2D eigenvalue weighted by Crippen LogP contribution is -2.46. The van der Waals surface area contributed by atoms with E-state index in [1.165, 1.54) is 12.8 Å². The normalized spacial score (nSPS) is 33.0. The molecule has 4 atom stereocenters. The number of aliphatic hydroxyl groups excluding tert-OH is 1. The van der Waals surface area contributed by atoms with Crippen LogP contribution in [0.4, 0.5) is 0 Å². The van der Waals surface area contributed by atoms with Crippen molar-refractivity contribution >= 4 is 5.91 Å². The number of ether oxygens (including phenoxy) is 1. The number of nitrogens with one attached hydrogen (secondary N) is 2. The van der Waals surface area contributed by atoms with Crippen molar-refractivity contribution in [1.82, 2.24) is 10.6 Å². The van der Waals surface area contributed by atoms with Gasteiger partial charge in [0.25, 0.3) is 0 Å². The lowest BCUT2D eigenvalue weighted by Gasteiger charge is -2.30. The lowest BCUT2D eigenvalue weighted by atomic mass is 9.79. The van der Waals surface area contributed by atoms with E-state index in [0.29, 0.717) is 31.6 Å². The highest BCUT2D eigenvalue weighted by molar-refractivity contribution is 5.79. The first kappa shape index (κ1) is 16.7. The highest BCUT2D eigenvalue weighted by Crippen LogP contribution is 2.29. The fraction of sp³-hybridized carbons (Fsp3) is 0.938. The standard InChI is InChI=1S/C16H30N2O3/c1-2-7-17-15-11-21-10-14(15)16(20)18-8-12-5-3-4-6-13(12)9-19/h12-15,17,19H,2-11H2,1H3,(H,18,20). The van der Waals surface area contributed by atoms with Gasteiger partial charge in [-0.1, -0.05) is 19.8 Å². The number of hydrogen-bond acceptors (Lipinski definition) is 4. The van der Waals surface area contributed by atoms with Crippen LogP contribution in [-0.4, -0.2) is 50.0 Å².